The lowest BCUT2D eigenvalue weighted by Crippen LogP contribution is -2.35. The Morgan fingerprint density at radius 3 is 3.16 bits per heavy atom. The van der Waals surface area contributed by atoms with Crippen LogP contribution in [0.4, 0.5) is 0 Å². The van der Waals surface area contributed by atoms with Crippen molar-refractivity contribution in [1.29, 1.82) is 0 Å². The van der Waals surface area contributed by atoms with Gasteiger partial charge in [-0.15, -0.1) is 22.7 Å². The van der Waals surface area contributed by atoms with Crippen molar-refractivity contribution in [1.82, 2.24) is 5.32 Å². The van der Waals surface area contributed by atoms with Crippen LogP contribution in [0.1, 0.15) is 21.4 Å². The van der Waals surface area contributed by atoms with Crippen molar-refractivity contribution in [2.75, 3.05) is 13.2 Å². The quantitative estimate of drug-likeness (QED) is 0.881. The number of ether oxygens (including phenoxy) is 1. The molecule has 0 amide bonds. The van der Waals surface area contributed by atoms with E-state index >= 15 is 0 Å². The molecule has 0 spiro atoms. The van der Waals surface area contributed by atoms with E-state index in [-0.39, 0.29) is 12.0 Å². The van der Waals surface area contributed by atoms with E-state index in [9.17, 15) is 4.79 Å². The topological polar surface area (TPSA) is 38.3 Å². The van der Waals surface area contributed by atoms with Gasteiger partial charge in [0.25, 0.3) is 0 Å². The Morgan fingerprint density at radius 2 is 2.32 bits per heavy atom. The van der Waals surface area contributed by atoms with Gasteiger partial charge in [-0.3, -0.25) is 0 Å². The van der Waals surface area contributed by atoms with E-state index in [1.54, 1.807) is 22.7 Å². The lowest BCUT2D eigenvalue weighted by molar-refractivity contribution is -0.146. The molecule has 100 valence electrons. The van der Waals surface area contributed by atoms with Crippen molar-refractivity contribution < 1.29 is 9.53 Å². The number of nitrogens with one attached hydrogen (secondary N) is 1. The number of carbonyl (C=O) groups is 1. The van der Waals surface area contributed by atoms with Gasteiger partial charge in [0.05, 0.1) is 6.61 Å². The van der Waals surface area contributed by atoms with Gasteiger partial charge in [-0.2, -0.15) is 0 Å². The molecule has 3 rings (SSSR count). The molecule has 1 N–H and O–H groups in total. The Hall–Kier alpha value is -1.17. The van der Waals surface area contributed by atoms with Crippen LogP contribution >= 0.6 is 22.7 Å². The summed E-state index contributed by atoms with van der Waals surface area (Å²) in [7, 11) is 0. The summed E-state index contributed by atoms with van der Waals surface area (Å²) < 4.78 is 5.39. The Kier molecular flexibility index (Phi) is 3.96. The van der Waals surface area contributed by atoms with Crippen LogP contribution in [0.5, 0.6) is 0 Å². The molecular formula is C14H15NO2S2. The van der Waals surface area contributed by atoms with Crippen LogP contribution in [0.25, 0.3) is 0 Å². The molecular weight excluding hydrogens is 278 g/mol. The van der Waals surface area contributed by atoms with E-state index < -0.39 is 0 Å². The fourth-order valence-electron chi connectivity index (χ4n) is 2.25. The van der Waals surface area contributed by atoms with Crippen LogP contribution in [0.2, 0.25) is 0 Å². The van der Waals surface area contributed by atoms with E-state index in [1.807, 2.05) is 22.9 Å². The normalized spacial score (nSPS) is 18.0. The van der Waals surface area contributed by atoms with Crippen molar-refractivity contribution in [3.8, 4) is 0 Å². The zero-order valence-electron chi connectivity index (χ0n) is 10.4. The SMILES string of the molecule is O=C(OCCc1cccs1)C1NCCc2sccc21. The molecule has 1 aliphatic rings. The van der Waals surface area contributed by atoms with Crippen LogP contribution in [0.15, 0.2) is 29.0 Å². The van der Waals surface area contributed by atoms with Gasteiger partial charge in [0.2, 0.25) is 0 Å². The molecule has 1 unspecified atom stereocenters. The van der Waals surface area contributed by atoms with Gasteiger partial charge < -0.3 is 10.1 Å². The summed E-state index contributed by atoms with van der Waals surface area (Å²) in [6, 6.07) is 5.83. The number of esters is 1. The van der Waals surface area contributed by atoms with Gasteiger partial charge in [-0.1, -0.05) is 6.07 Å². The average molecular weight is 293 g/mol. The molecule has 0 saturated heterocycles. The van der Waals surface area contributed by atoms with Crippen LogP contribution in [-0.4, -0.2) is 19.1 Å². The molecule has 1 aliphatic heterocycles. The minimum absolute atomic E-state index is 0.157. The Bertz CT molecular complexity index is 548. The third kappa shape index (κ3) is 2.88. The number of hydrogen-bond acceptors (Lipinski definition) is 5. The summed E-state index contributed by atoms with van der Waals surface area (Å²) in [6.45, 7) is 1.30. The maximum absolute atomic E-state index is 12.1. The maximum Gasteiger partial charge on any atom is 0.327 e. The first kappa shape index (κ1) is 12.8. The third-order valence-corrected chi connectivity index (χ3v) is 5.13. The second kappa shape index (κ2) is 5.86. The number of thiophene rings is 2. The van der Waals surface area contributed by atoms with E-state index in [2.05, 4.69) is 11.4 Å². The molecule has 2 aromatic rings. The standard InChI is InChI=1S/C14H15NO2S2/c16-14(17-7-4-10-2-1-8-18-10)13-11-5-9-19-12(11)3-6-15-13/h1-2,5,8-9,13,15H,3-4,6-7H2. The molecule has 0 saturated carbocycles. The summed E-state index contributed by atoms with van der Waals surface area (Å²) in [5, 5.41) is 7.32. The molecule has 3 heterocycles. The van der Waals surface area contributed by atoms with Crippen molar-refractivity contribution in [3.05, 3.63) is 44.3 Å². The summed E-state index contributed by atoms with van der Waals surface area (Å²) in [5.74, 6) is -0.157. The van der Waals surface area contributed by atoms with Gasteiger partial charge in [0, 0.05) is 22.7 Å². The highest BCUT2D eigenvalue weighted by atomic mass is 32.1. The molecule has 0 aromatic carbocycles. The molecule has 0 radical (unpaired) electrons. The first-order chi connectivity index (χ1) is 9.34. The second-order valence-electron chi connectivity index (χ2n) is 4.43. The van der Waals surface area contributed by atoms with Crippen LogP contribution in [0, 0.1) is 0 Å². The van der Waals surface area contributed by atoms with Crippen molar-refractivity contribution in [2.24, 2.45) is 0 Å². The van der Waals surface area contributed by atoms with Gasteiger partial charge in [-0.25, -0.2) is 4.79 Å². The van der Waals surface area contributed by atoms with Gasteiger partial charge in [0.1, 0.15) is 6.04 Å². The highest BCUT2D eigenvalue weighted by Crippen LogP contribution is 2.28. The maximum atomic E-state index is 12.1. The highest BCUT2D eigenvalue weighted by molar-refractivity contribution is 7.10. The minimum Gasteiger partial charge on any atom is -0.464 e. The predicted molar refractivity (Wildman–Crippen MR) is 77.7 cm³/mol. The lowest BCUT2D eigenvalue weighted by atomic mass is 10.0. The van der Waals surface area contributed by atoms with Crippen molar-refractivity contribution >= 4 is 28.6 Å². The predicted octanol–water partition coefficient (Wildman–Crippen LogP) is 2.78. The summed E-state index contributed by atoms with van der Waals surface area (Å²) in [5.41, 5.74) is 1.09. The first-order valence-corrected chi connectivity index (χ1v) is 8.09. The monoisotopic (exact) mass is 293 g/mol. The number of rotatable bonds is 4. The van der Waals surface area contributed by atoms with Crippen LogP contribution < -0.4 is 5.32 Å². The van der Waals surface area contributed by atoms with Gasteiger partial charge >= 0.3 is 5.97 Å². The highest BCUT2D eigenvalue weighted by Gasteiger charge is 2.27. The summed E-state index contributed by atoms with van der Waals surface area (Å²) >= 11 is 3.42. The Labute approximate surface area is 120 Å². The van der Waals surface area contributed by atoms with E-state index in [4.69, 9.17) is 4.74 Å². The summed E-state index contributed by atoms with van der Waals surface area (Å²) in [4.78, 5) is 14.7. The molecule has 19 heavy (non-hydrogen) atoms. The second-order valence-corrected chi connectivity index (χ2v) is 6.47. The number of carbonyl (C=O) groups excluding carboxylic acids is 1. The summed E-state index contributed by atoms with van der Waals surface area (Å²) in [6.07, 6.45) is 1.80. The molecule has 1 atom stereocenters. The smallest absolute Gasteiger partial charge is 0.327 e. The average Bonchev–Trinajstić information content (AvgIpc) is 3.08. The molecule has 0 aliphatic carbocycles. The van der Waals surface area contributed by atoms with Crippen molar-refractivity contribution in [3.63, 3.8) is 0 Å². The van der Waals surface area contributed by atoms with E-state index in [1.165, 1.54) is 9.75 Å². The Balaban J connectivity index is 1.57. The fourth-order valence-corrected chi connectivity index (χ4v) is 3.86. The van der Waals surface area contributed by atoms with E-state index in [0.717, 1.165) is 24.9 Å². The van der Waals surface area contributed by atoms with Crippen LogP contribution in [-0.2, 0) is 22.4 Å². The Morgan fingerprint density at radius 1 is 1.37 bits per heavy atom. The van der Waals surface area contributed by atoms with Gasteiger partial charge in [0.15, 0.2) is 0 Å². The van der Waals surface area contributed by atoms with Gasteiger partial charge in [-0.05, 0) is 34.9 Å². The number of hydrogen-bond donors (Lipinski definition) is 1. The fraction of sp³-hybridized carbons (Fsp3) is 0.357. The lowest BCUT2D eigenvalue weighted by Gasteiger charge is -2.22. The van der Waals surface area contributed by atoms with Crippen molar-refractivity contribution in [2.45, 2.75) is 18.9 Å². The largest absolute Gasteiger partial charge is 0.464 e. The molecule has 0 bridgehead atoms. The first-order valence-electron chi connectivity index (χ1n) is 6.33. The molecule has 5 heteroatoms. The third-order valence-electron chi connectivity index (χ3n) is 3.20. The van der Waals surface area contributed by atoms with E-state index in [0.29, 0.717) is 6.61 Å². The number of fused-ring (bicyclic) bond motifs is 1. The van der Waals surface area contributed by atoms with Crippen LogP contribution in [0.3, 0.4) is 0 Å². The molecule has 3 nitrogen and oxygen atoms in total. The minimum atomic E-state index is -0.279. The zero-order chi connectivity index (χ0) is 13.1. The molecule has 2 aromatic heterocycles. The zero-order valence-corrected chi connectivity index (χ0v) is 12.1. The molecule has 0 fully saturated rings.